The summed E-state index contributed by atoms with van der Waals surface area (Å²) in [6.07, 6.45) is -4.62. The third kappa shape index (κ3) is 4.53. The van der Waals surface area contributed by atoms with Gasteiger partial charge in [0.1, 0.15) is 10.7 Å². The molecule has 2 aliphatic rings. The largest absolute Gasteiger partial charge is 0.454 e. The molecule has 0 saturated carbocycles. The highest BCUT2D eigenvalue weighted by molar-refractivity contribution is 7.13. The monoisotopic (exact) mass is 490 g/mol. The first-order valence-corrected chi connectivity index (χ1v) is 11.5. The van der Waals surface area contributed by atoms with Gasteiger partial charge in [-0.05, 0) is 43.4 Å². The zero-order chi connectivity index (χ0) is 23.9. The molecule has 1 saturated heterocycles. The van der Waals surface area contributed by atoms with Gasteiger partial charge in [-0.15, -0.1) is 11.3 Å². The molecule has 5 rings (SSSR count). The van der Waals surface area contributed by atoms with Gasteiger partial charge in [0.05, 0.1) is 11.3 Å². The molecule has 0 bridgehead atoms. The SMILES string of the molecule is CN1CCN(c2ccc(NC(=O)c3csc(-c4ccc5c(c4)OCO5)n3)c(C(F)(F)F)c2)CC1. The number of amides is 1. The van der Waals surface area contributed by atoms with Gasteiger partial charge in [0.2, 0.25) is 6.79 Å². The number of thiazole rings is 1. The third-order valence-electron chi connectivity index (χ3n) is 5.78. The molecule has 34 heavy (non-hydrogen) atoms. The Balaban J connectivity index is 1.36. The number of nitrogens with one attached hydrogen (secondary N) is 1. The molecule has 2 aromatic carbocycles. The van der Waals surface area contributed by atoms with Gasteiger partial charge in [-0.25, -0.2) is 4.98 Å². The Labute approximate surface area is 197 Å². The first-order chi connectivity index (χ1) is 16.3. The van der Waals surface area contributed by atoms with E-state index in [9.17, 15) is 18.0 Å². The quantitative estimate of drug-likeness (QED) is 0.579. The molecule has 3 aromatic rings. The molecule has 11 heteroatoms. The summed E-state index contributed by atoms with van der Waals surface area (Å²) in [5.74, 6) is 0.494. The zero-order valence-electron chi connectivity index (χ0n) is 18.2. The predicted octanol–water partition coefficient (Wildman–Crippen LogP) is 4.56. The van der Waals surface area contributed by atoms with Crippen LogP contribution in [0.4, 0.5) is 24.5 Å². The van der Waals surface area contributed by atoms with E-state index in [1.54, 1.807) is 24.3 Å². The Morgan fingerprint density at radius 2 is 1.82 bits per heavy atom. The Morgan fingerprint density at radius 3 is 2.59 bits per heavy atom. The van der Waals surface area contributed by atoms with Crippen molar-refractivity contribution in [3.05, 3.63) is 53.0 Å². The fraction of sp³-hybridized carbons (Fsp3) is 0.304. The number of benzene rings is 2. The smallest absolute Gasteiger partial charge is 0.418 e. The molecule has 3 heterocycles. The first-order valence-electron chi connectivity index (χ1n) is 10.6. The van der Waals surface area contributed by atoms with Crippen LogP contribution in [0.25, 0.3) is 10.6 Å². The van der Waals surface area contributed by atoms with E-state index in [4.69, 9.17) is 9.47 Å². The number of likely N-dealkylation sites (N-methyl/N-ethyl adjacent to an activating group) is 1. The number of piperazine rings is 1. The van der Waals surface area contributed by atoms with Crippen LogP contribution in [-0.4, -0.2) is 55.8 Å². The number of anilines is 2. The number of rotatable bonds is 4. The summed E-state index contributed by atoms with van der Waals surface area (Å²) < 4.78 is 52.1. The fourth-order valence-electron chi connectivity index (χ4n) is 3.86. The van der Waals surface area contributed by atoms with E-state index in [0.29, 0.717) is 35.3 Å². The molecular weight excluding hydrogens is 469 g/mol. The number of alkyl halides is 3. The molecular formula is C23H21F3N4O3S. The lowest BCUT2D eigenvalue weighted by Crippen LogP contribution is -2.44. The van der Waals surface area contributed by atoms with Gasteiger partial charge in [0, 0.05) is 42.8 Å². The fourth-order valence-corrected chi connectivity index (χ4v) is 4.66. The Hall–Kier alpha value is -3.31. The van der Waals surface area contributed by atoms with Gasteiger partial charge < -0.3 is 24.6 Å². The van der Waals surface area contributed by atoms with Crippen molar-refractivity contribution in [1.82, 2.24) is 9.88 Å². The minimum atomic E-state index is -4.62. The second-order valence-corrected chi connectivity index (χ2v) is 8.94. The Bertz CT molecular complexity index is 1220. The van der Waals surface area contributed by atoms with Gasteiger partial charge in [-0.3, -0.25) is 4.79 Å². The van der Waals surface area contributed by atoms with Crippen molar-refractivity contribution >= 4 is 28.6 Å². The van der Waals surface area contributed by atoms with Crippen molar-refractivity contribution in [2.24, 2.45) is 0 Å². The summed E-state index contributed by atoms with van der Waals surface area (Å²) in [6.45, 7) is 2.96. The van der Waals surface area contributed by atoms with E-state index >= 15 is 0 Å². The molecule has 1 aromatic heterocycles. The average Bonchev–Trinajstić information content (AvgIpc) is 3.48. The lowest BCUT2D eigenvalue weighted by Gasteiger charge is -2.34. The van der Waals surface area contributed by atoms with Crippen LogP contribution in [0.2, 0.25) is 0 Å². The van der Waals surface area contributed by atoms with E-state index in [0.717, 1.165) is 24.7 Å². The molecule has 7 nitrogen and oxygen atoms in total. The zero-order valence-corrected chi connectivity index (χ0v) is 19.0. The van der Waals surface area contributed by atoms with Crippen LogP contribution in [0.3, 0.4) is 0 Å². The maximum absolute atomic E-state index is 13.8. The summed E-state index contributed by atoms with van der Waals surface area (Å²) in [4.78, 5) is 21.1. The molecule has 0 atom stereocenters. The summed E-state index contributed by atoms with van der Waals surface area (Å²) in [6, 6.07) is 9.29. The molecule has 1 N–H and O–H groups in total. The van der Waals surface area contributed by atoms with Crippen LogP contribution in [0.15, 0.2) is 41.8 Å². The average molecular weight is 491 g/mol. The molecule has 1 amide bonds. The van der Waals surface area contributed by atoms with E-state index < -0.39 is 17.6 Å². The number of hydrogen-bond donors (Lipinski definition) is 1. The summed E-state index contributed by atoms with van der Waals surface area (Å²) in [5, 5.41) is 4.45. The Morgan fingerprint density at radius 1 is 1.06 bits per heavy atom. The molecule has 2 aliphatic heterocycles. The van der Waals surface area contributed by atoms with Crippen molar-refractivity contribution in [2.45, 2.75) is 6.18 Å². The molecule has 1 fully saturated rings. The first kappa shape index (κ1) is 22.5. The van der Waals surface area contributed by atoms with Gasteiger partial charge in [0.25, 0.3) is 5.91 Å². The highest BCUT2D eigenvalue weighted by Gasteiger charge is 2.35. The maximum atomic E-state index is 13.8. The van der Waals surface area contributed by atoms with Crippen LogP contribution in [0.5, 0.6) is 11.5 Å². The van der Waals surface area contributed by atoms with Gasteiger partial charge in [-0.2, -0.15) is 13.2 Å². The van der Waals surface area contributed by atoms with Gasteiger partial charge >= 0.3 is 6.18 Å². The second-order valence-electron chi connectivity index (χ2n) is 8.08. The second kappa shape index (κ2) is 8.80. The van der Waals surface area contributed by atoms with Crippen LogP contribution < -0.4 is 19.7 Å². The standard InChI is InChI=1S/C23H21F3N4O3S/c1-29-6-8-30(9-7-29)15-3-4-17(16(11-15)23(24,25)26)27-21(31)18-12-34-22(28-18)14-2-5-19-20(10-14)33-13-32-19/h2-5,10-12H,6-9,13H2,1H3,(H,27,31). The van der Waals surface area contributed by atoms with Crippen molar-refractivity contribution < 1.29 is 27.4 Å². The highest BCUT2D eigenvalue weighted by Crippen LogP contribution is 2.39. The summed E-state index contributed by atoms with van der Waals surface area (Å²) in [7, 11) is 1.98. The van der Waals surface area contributed by atoms with Crippen molar-refractivity contribution in [2.75, 3.05) is 50.2 Å². The summed E-state index contributed by atoms with van der Waals surface area (Å²) >= 11 is 1.22. The number of carbonyl (C=O) groups is 1. The van der Waals surface area contributed by atoms with E-state index in [1.165, 1.54) is 22.8 Å². The normalized spacial score (nSPS) is 16.1. The van der Waals surface area contributed by atoms with Gasteiger partial charge in [0.15, 0.2) is 11.5 Å². The summed E-state index contributed by atoms with van der Waals surface area (Å²) in [5.41, 5.74) is 0.0587. The predicted molar refractivity (Wildman–Crippen MR) is 123 cm³/mol. The third-order valence-corrected chi connectivity index (χ3v) is 6.67. The molecule has 178 valence electrons. The lowest BCUT2D eigenvalue weighted by atomic mass is 10.1. The van der Waals surface area contributed by atoms with Crippen LogP contribution in [0.1, 0.15) is 16.1 Å². The number of halogens is 3. The van der Waals surface area contributed by atoms with E-state index in [1.807, 2.05) is 11.9 Å². The number of nitrogens with zero attached hydrogens (tertiary/aromatic N) is 3. The minimum absolute atomic E-state index is 0.0361. The van der Waals surface area contributed by atoms with Crippen LogP contribution in [0, 0.1) is 0 Å². The molecule has 0 aliphatic carbocycles. The molecule has 0 radical (unpaired) electrons. The van der Waals surface area contributed by atoms with Crippen LogP contribution in [-0.2, 0) is 6.18 Å². The van der Waals surface area contributed by atoms with Crippen LogP contribution >= 0.6 is 11.3 Å². The number of hydrogen-bond acceptors (Lipinski definition) is 7. The topological polar surface area (TPSA) is 66.9 Å². The molecule has 0 spiro atoms. The Kier molecular flexibility index (Phi) is 5.82. The number of aromatic nitrogens is 1. The van der Waals surface area contributed by atoms with Crippen molar-refractivity contribution in [3.8, 4) is 22.1 Å². The highest BCUT2D eigenvalue weighted by atomic mass is 32.1. The minimum Gasteiger partial charge on any atom is -0.454 e. The molecule has 0 unspecified atom stereocenters. The number of fused-ring (bicyclic) bond motifs is 1. The van der Waals surface area contributed by atoms with Crippen molar-refractivity contribution in [1.29, 1.82) is 0 Å². The maximum Gasteiger partial charge on any atom is 0.418 e. The number of carbonyl (C=O) groups excluding carboxylic acids is 1. The van der Waals surface area contributed by atoms with E-state index in [-0.39, 0.29) is 18.2 Å². The van der Waals surface area contributed by atoms with Gasteiger partial charge in [-0.1, -0.05) is 0 Å². The van der Waals surface area contributed by atoms with Crippen molar-refractivity contribution in [3.63, 3.8) is 0 Å². The number of ether oxygens (including phenoxy) is 2. The lowest BCUT2D eigenvalue weighted by molar-refractivity contribution is -0.136. The van der Waals surface area contributed by atoms with E-state index in [2.05, 4.69) is 15.2 Å².